The molecule has 7 aromatic rings. The Kier molecular flexibility index (Phi) is 3.91. The van der Waals surface area contributed by atoms with E-state index < -0.39 is 0 Å². The van der Waals surface area contributed by atoms with E-state index in [0.29, 0.717) is 0 Å². The third kappa shape index (κ3) is 2.73. The molecule has 0 radical (unpaired) electrons. The standard InChI is InChI=1S/C32H21N/c1-2-9-21(10-3-1)23-13-4-5-18-29(23)33-30-20-19-27-25-15-7-12-22-11-6-14-24(31(22)25)26-16-8-17-28(30)32(26)27/h1-20,33H. The van der Waals surface area contributed by atoms with Crippen LogP contribution < -0.4 is 5.32 Å². The van der Waals surface area contributed by atoms with E-state index in [9.17, 15) is 0 Å². The lowest BCUT2D eigenvalue weighted by Crippen LogP contribution is -1.95. The van der Waals surface area contributed by atoms with E-state index in [1.54, 1.807) is 0 Å². The summed E-state index contributed by atoms with van der Waals surface area (Å²) in [6.07, 6.45) is 0. The second-order valence-electron chi connectivity index (χ2n) is 8.63. The fraction of sp³-hybridized carbons (Fsp3) is 0. The van der Waals surface area contributed by atoms with Crippen molar-refractivity contribution in [3.8, 4) is 11.1 Å². The largest absolute Gasteiger partial charge is 0.355 e. The zero-order chi connectivity index (χ0) is 21.8. The molecule has 1 nitrogen and oxygen atoms in total. The van der Waals surface area contributed by atoms with Gasteiger partial charge in [0.2, 0.25) is 0 Å². The van der Waals surface area contributed by atoms with Gasteiger partial charge in [0, 0.05) is 22.3 Å². The van der Waals surface area contributed by atoms with Crippen molar-refractivity contribution in [2.75, 3.05) is 5.32 Å². The van der Waals surface area contributed by atoms with Crippen molar-refractivity contribution in [1.82, 2.24) is 0 Å². The van der Waals surface area contributed by atoms with Crippen molar-refractivity contribution < 1.29 is 0 Å². The van der Waals surface area contributed by atoms with Gasteiger partial charge in [-0.25, -0.2) is 0 Å². The number of anilines is 2. The smallest absolute Gasteiger partial charge is 0.0464 e. The van der Waals surface area contributed by atoms with Crippen LogP contribution in [0.2, 0.25) is 0 Å². The van der Waals surface area contributed by atoms with Gasteiger partial charge >= 0.3 is 0 Å². The Balaban J connectivity index is 1.50. The Morgan fingerprint density at radius 3 is 1.76 bits per heavy atom. The molecule has 0 atom stereocenters. The van der Waals surface area contributed by atoms with Gasteiger partial charge in [0.15, 0.2) is 0 Å². The topological polar surface area (TPSA) is 12.0 Å². The van der Waals surface area contributed by atoms with Gasteiger partial charge < -0.3 is 5.32 Å². The first-order chi connectivity index (χ1) is 16.4. The molecule has 0 aliphatic rings. The lowest BCUT2D eigenvalue weighted by atomic mass is 9.89. The lowest BCUT2D eigenvalue weighted by molar-refractivity contribution is 1.55. The highest BCUT2D eigenvalue weighted by molar-refractivity contribution is 6.34. The summed E-state index contributed by atoms with van der Waals surface area (Å²) in [7, 11) is 0. The molecule has 7 aromatic carbocycles. The van der Waals surface area contributed by atoms with Crippen LogP contribution in [0.15, 0.2) is 121 Å². The van der Waals surface area contributed by atoms with Crippen LogP contribution in [0.5, 0.6) is 0 Å². The molecular weight excluding hydrogens is 398 g/mol. The third-order valence-corrected chi connectivity index (χ3v) is 6.81. The maximum atomic E-state index is 3.77. The molecule has 154 valence electrons. The monoisotopic (exact) mass is 419 g/mol. The molecule has 0 unspecified atom stereocenters. The van der Waals surface area contributed by atoms with E-state index >= 15 is 0 Å². The Labute approximate surface area is 192 Å². The molecule has 0 bridgehead atoms. The van der Waals surface area contributed by atoms with Crippen LogP contribution in [0, 0.1) is 0 Å². The molecular formula is C32H21N. The van der Waals surface area contributed by atoms with E-state index in [4.69, 9.17) is 0 Å². The number of hydrogen-bond donors (Lipinski definition) is 1. The van der Waals surface area contributed by atoms with E-state index in [1.807, 2.05) is 0 Å². The van der Waals surface area contributed by atoms with E-state index in [1.165, 1.54) is 54.2 Å². The average molecular weight is 420 g/mol. The number of para-hydroxylation sites is 1. The van der Waals surface area contributed by atoms with Crippen molar-refractivity contribution in [2.45, 2.75) is 0 Å². The molecule has 0 aliphatic carbocycles. The van der Waals surface area contributed by atoms with Gasteiger partial charge in [-0.2, -0.15) is 0 Å². The van der Waals surface area contributed by atoms with Crippen molar-refractivity contribution in [3.05, 3.63) is 121 Å². The van der Waals surface area contributed by atoms with E-state index in [0.717, 1.165) is 11.4 Å². The fourth-order valence-electron chi connectivity index (χ4n) is 5.36. The van der Waals surface area contributed by atoms with E-state index in [-0.39, 0.29) is 0 Å². The predicted octanol–water partition coefficient (Wildman–Crippen LogP) is 9.15. The first-order valence-electron chi connectivity index (χ1n) is 11.4. The molecule has 0 spiro atoms. The van der Waals surface area contributed by atoms with E-state index in [2.05, 4.69) is 127 Å². The number of nitrogens with one attached hydrogen (secondary N) is 1. The maximum absolute atomic E-state index is 3.77. The molecule has 0 heterocycles. The van der Waals surface area contributed by atoms with Crippen molar-refractivity contribution in [2.24, 2.45) is 0 Å². The molecule has 33 heavy (non-hydrogen) atoms. The quantitative estimate of drug-likeness (QED) is 0.222. The zero-order valence-electron chi connectivity index (χ0n) is 18.0. The molecule has 0 fully saturated rings. The van der Waals surface area contributed by atoms with Gasteiger partial charge in [-0.15, -0.1) is 0 Å². The fourth-order valence-corrected chi connectivity index (χ4v) is 5.36. The second-order valence-corrected chi connectivity index (χ2v) is 8.63. The molecule has 1 heteroatoms. The number of rotatable bonds is 3. The minimum absolute atomic E-state index is 1.11. The van der Waals surface area contributed by atoms with Crippen molar-refractivity contribution >= 4 is 54.5 Å². The minimum atomic E-state index is 1.11. The van der Waals surface area contributed by atoms with Gasteiger partial charge in [-0.1, -0.05) is 109 Å². The number of fused-ring (bicyclic) bond motifs is 2. The molecule has 0 saturated carbocycles. The van der Waals surface area contributed by atoms with Crippen LogP contribution in [-0.4, -0.2) is 0 Å². The molecule has 0 aromatic heterocycles. The predicted molar refractivity (Wildman–Crippen MR) is 143 cm³/mol. The van der Waals surface area contributed by atoms with Gasteiger partial charge in [0.25, 0.3) is 0 Å². The highest BCUT2D eigenvalue weighted by Crippen LogP contribution is 2.43. The normalized spacial score (nSPS) is 11.6. The van der Waals surface area contributed by atoms with Crippen molar-refractivity contribution in [1.29, 1.82) is 0 Å². The first kappa shape index (κ1) is 18.2. The van der Waals surface area contributed by atoms with Gasteiger partial charge in [0.05, 0.1) is 0 Å². The summed E-state index contributed by atoms with van der Waals surface area (Å²) in [4.78, 5) is 0. The van der Waals surface area contributed by atoms with Crippen LogP contribution in [-0.2, 0) is 0 Å². The number of benzene rings is 7. The average Bonchev–Trinajstić information content (AvgIpc) is 2.88. The number of hydrogen-bond acceptors (Lipinski definition) is 1. The van der Waals surface area contributed by atoms with Crippen LogP contribution in [0.25, 0.3) is 54.2 Å². The highest BCUT2D eigenvalue weighted by Gasteiger charge is 2.15. The van der Waals surface area contributed by atoms with Gasteiger partial charge in [-0.05, 0) is 55.4 Å². The summed E-state index contributed by atoms with van der Waals surface area (Å²) >= 11 is 0. The summed E-state index contributed by atoms with van der Waals surface area (Å²) in [6, 6.07) is 43.6. The Bertz CT molecular complexity index is 1730. The van der Waals surface area contributed by atoms with Gasteiger partial charge in [-0.3, -0.25) is 0 Å². The Morgan fingerprint density at radius 1 is 0.364 bits per heavy atom. The first-order valence-corrected chi connectivity index (χ1v) is 11.4. The third-order valence-electron chi connectivity index (χ3n) is 6.81. The Hall–Kier alpha value is -4.36. The molecule has 0 amide bonds. The SMILES string of the molecule is c1ccc(-c2ccccc2Nc2ccc3c4cccc5cccc(c6cccc2c63)c54)cc1. The molecule has 0 saturated heterocycles. The highest BCUT2D eigenvalue weighted by atomic mass is 14.9. The van der Waals surface area contributed by atoms with Crippen LogP contribution in [0.4, 0.5) is 11.4 Å². The minimum Gasteiger partial charge on any atom is -0.355 e. The maximum Gasteiger partial charge on any atom is 0.0464 e. The van der Waals surface area contributed by atoms with Crippen molar-refractivity contribution in [3.63, 3.8) is 0 Å². The summed E-state index contributed by atoms with van der Waals surface area (Å²) in [5.41, 5.74) is 4.66. The Morgan fingerprint density at radius 2 is 0.970 bits per heavy atom. The van der Waals surface area contributed by atoms with Crippen LogP contribution >= 0.6 is 0 Å². The molecule has 1 N–H and O–H groups in total. The van der Waals surface area contributed by atoms with Crippen LogP contribution in [0.3, 0.4) is 0 Å². The summed E-state index contributed by atoms with van der Waals surface area (Å²) in [5, 5.41) is 14.3. The molecule has 7 rings (SSSR count). The zero-order valence-corrected chi connectivity index (χ0v) is 18.0. The summed E-state index contributed by atoms with van der Waals surface area (Å²) < 4.78 is 0. The van der Waals surface area contributed by atoms with Gasteiger partial charge in [0.1, 0.15) is 0 Å². The summed E-state index contributed by atoms with van der Waals surface area (Å²) in [5.74, 6) is 0. The van der Waals surface area contributed by atoms with Crippen LogP contribution in [0.1, 0.15) is 0 Å². The second kappa shape index (κ2) is 7.08. The summed E-state index contributed by atoms with van der Waals surface area (Å²) in [6.45, 7) is 0. The lowest BCUT2D eigenvalue weighted by Gasteiger charge is -2.18. The molecule has 0 aliphatic heterocycles.